The van der Waals surface area contributed by atoms with Gasteiger partial charge in [-0.05, 0) is 31.4 Å². The summed E-state index contributed by atoms with van der Waals surface area (Å²) in [5.74, 6) is 4.57. The molecule has 1 aromatic heterocycles. The lowest BCUT2D eigenvalue weighted by Crippen LogP contribution is -2.40. The Hall–Kier alpha value is -2.02. The van der Waals surface area contributed by atoms with Crippen molar-refractivity contribution in [1.29, 1.82) is 0 Å². The van der Waals surface area contributed by atoms with Gasteiger partial charge in [0.2, 0.25) is 5.89 Å². The number of benzene rings is 1. The van der Waals surface area contributed by atoms with Crippen LogP contribution in [0.15, 0.2) is 44.7 Å². The van der Waals surface area contributed by atoms with Crippen LogP contribution in [0.1, 0.15) is 44.8 Å². The average Bonchev–Trinajstić information content (AvgIpc) is 3.36. The maximum Gasteiger partial charge on any atom is 0.228 e. The predicted octanol–water partition coefficient (Wildman–Crippen LogP) is 3.82. The summed E-state index contributed by atoms with van der Waals surface area (Å²) in [4.78, 5) is 13.0. The minimum Gasteiger partial charge on any atom is -0.357 e. The van der Waals surface area contributed by atoms with Crippen LogP contribution in [0, 0.1) is 5.92 Å². The Labute approximate surface area is 172 Å². The number of nitrogens with zero attached hydrogens (tertiary/aromatic N) is 4. The molecule has 0 spiro atoms. The van der Waals surface area contributed by atoms with Crippen LogP contribution in [-0.4, -0.2) is 52.9 Å². The summed E-state index contributed by atoms with van der Waals surface area (Å²) >= 11 is 1.95. The second kappa shape index (κ2) is 10.5. The van der Waals surface area contributed by atoms with E-state index in [1.165, 1.54) is 11.3 Å². The van der Waals surface area contributed by atoms with Gasteiger partial charge in [0, 0.05) is 42.6 Å². The molecule has 2 heterocycles. The minimum absolute atomic E-state index is 0.286. The Morgan fingerprint density at radius 3 is 2.89 bits per heavy atom. The first kappa shape index (κ1) is 20.7. The second-order valence-electron chi connectivity index (χ2n) is 7.41. The molecule has 7 heteroatoms. The SMILES string of the molecule is CCNC(=NCCc1nc(C(C)C)no1)N1CCC(CSc2ccccc2)C1. The monoisotopic (exact) mass is 401 g/mol. The number of aromatic nitrogens is 2. The summed E-state index contributed by atoms with van der Waals surface area (Å²) in [6.07, 6.45) is 1.89. The van der Waals surface area contributed by atoms with Crippen molar-refractivity contribution in [2.75, 3.05) is 31.9 Å². The summed E-state index contributed by atoms with van der Waals surface area (Å²) < 4.78 is 5.32. The lowest BCUT2D eigenvalue weighted by atomic mass is 10.2. The number of nitrogens with one attached hydrogen (secondary N) is 1. The van der Waals surface area contributed by atoms with Crippen LogP contribution >= 0.6 is 11.8 Å². The van der Waals surface area contributed by atoms with E-state index in [2.05, 4.69) is 71.5 Å². The van der Waals surface area contributed by atoms with Gasteiger partial charge in [-0.25, -0.2) is 0 Å². The molecule has 6 nitrogen and oxygen atoms in total. The molecule has 0 radical (unpaired) electrons. The summed E-state index contributed by atoms with van der Waals surface area (Å²) in [7, 11) is 0. The summed E-state index contributed by atoms with van der Waals surface area (Å²) in [5.41, 5.74) is 0. The molecule has 1 aliphatic rings. The largest absolute Gasteiger partial charge is 0.357 e. The highest BCUT2D eigenvalue weighted by Crippen LogP contribution is 2.25. The third-order valence-electron chi connectivity index (χ3n) is 4.74. The first-order chi connectivity index (χ1) is 13.7. The van der Waals surface area contributed by atoms with Gasteiger partial charge in [0.1, 0.15) is 0 Å². The summed E-state index contributed by atoms with van der Waals surface area (Å²) in [6.45, 7) is 9.89. The van der Waals surface area contributed by atoms with Crippen LogP contribution in [-0.2, 0) is 6.42 Å². The average molecular weight is 402 g/mol. The van der Waals surface area contributed by atoms with Gasteiger partial charge in [-0.3, -0.25) is 4.99 Å². The van der Waals surface area contributed by atoms with Gasteiger partial charge >= 0.3 is 0 Å². The van der Waals surface area contributed by atoms with E-state index in [0.717, 1.165) is 37.2 Å². The molecule has 1 unspecified atom stereocenters. The van der Waals surface area contributed by atoms with Crippen molar-refractivity contribution < 1.29 is 4.52 Å². The van der Waals surface area contributed by atoms with E-state index in [1.807, 2.05) is 11.8 Å². The molecule has 0 saturated carbocycles. The van der Waals surface area contributed by atoms with Gasteiger partial charge < -0.3 is 14.7 Å². The Balaban J connectivity index is 1.49. The lowest BCUT2D eigenvalue weighted by Gasteiger charge is -2.21. The zero-order chi connectivity index (χ0) is 19.8. The number of hydrogen-bond acceptors (Lipinski definition) is 5. The third kappa shape index (κ3) is 5.99. The molecule has 1 fully saturated rings. The highest BCUT2D eigenvalue weighted by molar-refractivity contribution is 7.99. The third-order valence-corrected chi connectivity index (χ3v) is 5.98. The van der Waals surface area contributed by atoms with E-state index in [-0.39, 0.29) is 5.92 Å². The van der Waals surface area contributed by atoms with Gasteiger partial charge in [0.25, 0.3) is 0 Å². The first-order valence-electron chi connectivity index (χ1n) is 10.2. The van der Waals surface area contributed by atoms with E-state index in [9.17, 15) is 0 Å². The number of likely N-dealkylation sites (tertiary alicyclic amines) is 1. The molecular weight excluding hydrogens is 370 g/mol. The van der Waals surface area contributed by atoms with Crippen LogP contribution in [0.2, 0.25) is 0 Å². The van der Waals surface area contributed by atoms with E-state index >= 15 is 0 Å². The van der Waals surface area contributed by atoms with Gasteiger partial charge in [-0.2, -0.15) is 4.98 Å². The lowest BCUT2D eigenvalue weighted by molar-refractivity contribution is 0.372. The van der Waals surface area contributed by atoms with Crippen molar-refractivity contribution in [2.24, 2.45) is 10.9 Å². The molecule has 0 bridgehead atoms. The van der Waals surface area contributed by atoms with Crippen LogP contribution in [0.25, 0.3) is 0 Å². The molecule has 1 atom stereocenters. The van der Waals surface area contributed by atoms with Crippen molar-refractivity contribution in [1.82, 2.24) is 20.4 Å². The van der Waals surface area contributed by atoms with Gasteiger partial charge in [-0.15, -0.1) is 11.8 Å². The maximum absolute atomic E-state index is 5.32. The smallest absolute Gasteiger partial charge is 0.228 e. The Bertz CT molecular complexity index is 746. The summed E-state index contributed by atoms with van der Waals surface area (Å²) in [6, 6.07) is 10.6. The highest BCUT2D eigenvalue weighted by Gasteiger charge is 2.25. The van der Waals surface area contributed by atoms with Gasteiger partial charge in [0.05, 0.1) is 6.54 Å². The van der Waals surface area contributed by atoms with E-state index in [4.69, 9.17) is 9.52 Å². The standard InChI is InChI=1S/C21H31N5OS/c1-4-22-21(23-12-10-19-24-20(16(2)3)25-27-19)26-13-11-17(14-26)15-28-18-8-6-5-7-9-18/h5-9,16-17H,4,10-15H2,1-3H3,(H,22,23). The van der Waals surface area contributed by atoms with Gasteiger partial charge in [-0.1, -0.05) is 37.2 Å². The molecule has 0 amide bonds. The Morgan fingerprint density at radius 2 is 2.18 bits per heavy atom. The second-order valence-corrected chi connectivity index (χ2v) is 8.50. The van der Waals surface area contributed by atoms with Crippen molar-refractivity contribution in [2.45, 2.75) is 44.4 Å². The molecule has 3 rings (SSSR count). The van der Waals surface area contributed by atoms with Gasteiger partial charge in [0.15, 0.2) is 11.8 Å². The predicted molar refractivity (Wildman–Crippen MR) is 115 cm³/mol. The van der Waals surface area contributed by atoms with Crippen molar-refractivity contribution in [3.05, 3.63) is 42.0 Å². The fourth-order valence-corrected chi connectivity index (χ4v) is 4.23. The number of aliphatic imine (C=N–C) groups is 1. The molecule has 1 aromatic carbocycles. The fourth-order valence-electron chi connectivity index (χ4n) is 3.18. The Kier molecular flexibility index (Phi) is 7.77. The molecule has 28 heavy (non-hydrogen) atoms. The molecule has 152 valence electrons. The van der Waals surface area contributed by atoms with Crippen LogP contribution < -0.4 is 5.32 Å². The topological polar surface area (TPSA) is 66.5 Å². The zero-order valence-corrected chi connectivity index (χ0v) is 17.9. The van der Waals surface area contributed by atoms with Crippen LogP contribution in [0.3, 0.4) is 0 Å². The first-order valence-corrected chi connectivity index (χ1v) is 11.2. The van der Waals surface area contributed by atoms with E-state index < -0.39 is 0 Å². The Morgan fingerprint density at radius 1 is 1.36 bits per heavy atom. The molecule has 1 N–H and O–H groups in total. The molecular formula is C21H31N5OS. The van der Waals surface area contributed by atoms with Crippen molar-refractivity contribution in [3.63, 3.8) is 0 Å². The molecule has 1 saturated heterocycles. The van der Waals surface area contributed by atoms with E-state index in [0.29, 0.717) is 24.8 Å². The normalized spacial score (nSPS) is 17.5. The van der Waals surface area contributed by atoms with E-state index in [1.54, 1.807) is 0 Å². The summed E-state index contributed by atoms with van der Waals surface area (Å²) in [5, 5.41) is 7.45. The van der Waals surface area contributed by atoms with Crippen LogP contribution in [0.4, 0.5) is 0 Å². The van der Waals surface area contributed by atoms with Crippen molar-refractivity contribution in [3.8, 4) is 0 Å². The number of rotatable bonds is 8. The van der Waals surface area contributed by atoms with Crippen molar-refractivity contribution >= 4 is 17.7 Å². The highest BCUT2D eigenvalue weighted by atomic mass is 32.2. The zero-order valence-electron chi connectivity index (χ0n) is 17.1. The van der Waals surface area contributed by atoms with Crippen LogP contribution in [0.5, 0.6) is 0 Å². The number of hydrogen-bond donors (Lipinski definition) is 1. The minimum atomic E-state index is 0.286. The molecule has 2 aromatic rings. The fraction of sp³-hybridized carbons (Fsp3) is 0.571. The molecule has 1 aliphatic heterocycles. The molecule has 0 aliphatic carbocycles. The number of thioether (sulfide) groups is 1. The number of guanidine groups is 1. The quantitative estimate of drug-likeness (QED) is 0.412. The maximum atomic E-state index is 5.32.